The molecule has 2 aromatic rings. The number of benzene rings is 1. The Morgan fingerprint density at radius 1 is 1.45 bits per heavy atom. The fourth-order valence-electron chi connectivity index (χ4n) is 0.956. The number of H-pyrrole nitrogens is 1. The molecule has 0 unspecified atom stereocenters. The van der Waals surface area contributed by atoms with Crippen molar-refractivity contribution in [2.45, 2.75) is 0 Å². The number of hydrogen-bond acceptors (Lipinski definition) is 1. The van der Waals surface area contributed by atoms with Crippen molar-refractivity contribution in [3.05, 3.63) is 26.4 Å². The molecule has 1 heterocycles. The number of nitrogens with one attached hydrogen (secondary N) is 1. The van der Waals surface area contributed by atoms with E-state index in [1.807, 2.05) is 18.3 Å². The molecule has 0 aliphatic rings. The van der Waals surface area contributed by atoms with E-state index in [4.69, 9.17) is 0 Å². The van der Waals surface area contributed by atoms with E-state index >= 15 is 0 Å². The summed E-state index contributed by atoms with van der Waals surface area (Å²) < 4.78 is 2.32. The monoisotopic (exact) mass is 322 g/mol. The van der Waals surface area contributed by atoms with Crippen LogP contribution in [0.5, 0.6) is 0 Å². The summed E-state index contributed by atoms with van der Waals surface area (Å²) in [5.41, 5.74) is 1.07. The second-order valence-electron chi connectivity index (χ2n) is 2.19. The van der Waals surface area contributed by atoms with Gasteiger partial charge in [-0.2, -0.15) is 5.10 Å². The van der Waals surface area contributed by atoms with Gasteiger partial charge in [-0.05, 0) is 50.7 Å². The maximum Gasteiger partial charge on any atom is 0.0662 e. The van der Waals surface area contributed by atoms with Gasteiger partial charge in [-0.1, -0.05) is 0 Å². The molecule has 2 rings (SSSR count). The lowest BCUT2D eigenvalue weighted by atomic mass is 10.3. The third kappa shape index (κ3) is 1.18. The number of aromatic amines is 1. The summed E-state index contributed by atoms with van der Waals surface area (Å²) in [5, 5.41) is 7.99. The zero-order valence-electron chi connectivity index (χ0n) is 5.44. The quantitative estimate of drug-likeness (QED) is 0.742. The van der Waals surface area contributed by atoms with Crippen LogP contribution in [0.1, 0.15) is 0 Å². The van der Waals surface area contributed by atoms with Crippen LogP contribution in [-0.2, 0) is 0 Å². The molecule has 0 radical (unpaired) electrons. The van der Waals surface area contributed by atoms with E-state index in [9.17, 15) is 0 Å². The first-order valence-corrected chi connectivity index (χ1v) is 4.93. The number of hydrogen-bond donors (Lipinski definition) is 1. The highest BCUT2D eigenvalue weighted by atomic mass is 127. The number of aromatic nitrogens is 2. The summed E-state index contributed by atoms with van der Waals surface area (Å²) in [4.78, 5) is 0. The lowest BCUT2D eigenvalue weighted by Crippen LogP contribution is -1.74. The first kappa shape index (κ1) is 7.54. The lowest BCUT2D eigenvalue weighted by molar-refractivity contribution is 1.12. The molecule has 4 heteroatoms. The number of fused-ring (bicyclic) bond motifs is 1. The van der Waals surface area contributed by atoms with Gasteiger partial charge in [-0.15, -0.1) is 0 Å². The van der Waals surface area contributed by atoms with E-state index in [1.165, 1.54) is 3.57 Å². The maximum atomic E-state index is 3.94. The van der Waals surface area contributed by atoms with Gasteiger partial charge in [-0.3, -0.25) is 5.10 Å². The summed E-state index contributed by atoms with van der Waals surface area (Å²) in [7, 11) is 0. The van der Waals surface area contributed by atoms with Gasteiger partial charge in [0.1, 0.15) is 0 Å². The Bertz CT molecular complexity index is 396. The molecule has 1 aromatic heterocycles. The molecule has 56 valence electrons. The van der Waals surface area contributed by atoms with Crippen molar-refractivity contribution < 1.29 is 0 Å². The highest BCUT2D eigenvalue weighted by molar-refractivity contribution is 14.1. The summed E-state index contributed by atoms with van der Waals surface area (Å²) >= 11 is 5.77. The SMILES string of the molecule is Brc1c(I)ccc2[nH]ncc12. The number of halogens is 2. The molecule has 0 spiro atoms. The van der Waals surface area contributed by atoms with Crippen LogP contribution in [0.25, 0.3) is 10.9 Å². The van der Waals surface area contributed by atoms with Crippen LogP contribution in [0.2, 0.25) is 0 Å². The second kappa shape index (κ2) is 2.75. The Morgan fingerprint density at radius 2 is 2.27 bits per heavy atom. The third-order valence-electron chi connectivity index (χ3n) is 1.51. The van der Waals surface area contributed by atoms with Crippen LogP contribution in [-0.4, -0.2) is 10.2 Å². The molecule has 1 N–H and O–H groups in total. The van der Waals surface area contributed by atoms with Gasteiger partial charge in [0.15, 0.2) is 0 Å². The summed E-state index contributed by atoms with van der Waals surface area (Å²) in [6.07, 6.45) is 1.82. The van der Waals surface area contributed by atoms with Crippen molar-refractivity contribution in [3.63, 3.8) is 0 Å². The van der Waals surface area contributed by atoms with Crippen LogP contribution in [0.15, 0.2) is 22.8 Å². The van der Waals surface area contributed by atoms with E-state index in [0.29, 0.717) is 0 Å². The second-order valence-corrected chi connectivity index (χ2v) is 4.15. The molecule has 0 saturated carbocycles. The maximum absolute atomic E-state index is 3.94. The van der Waals surface area contributed by atoms with Gasteiger partial charge in [0.05, 0.1) is 11.7 Å². The van der Waals surface area contributed by atoms with Gasteiger partial charge in [-0.25, -0.2) is 0 Å². The molecule has 0 saturated heterocycles. The van der Waals surface area contributed by atoms with E-state index in [0.717, 1.165) is 15.4 Å². The standard InChI is InChI=1S/C7H4BrIN2/c8-7-4-3-10-11-6(4)2-1-5(7)9/h1-3H,(H,10,11). The van der Waals surface area contributed by atoms with Crippen molar-refractivity contribution >= 4 is 49.4 Å². The van der Waals surface area contributed by atoms with Crippen molar-refractivity contribution in [2.24, 2.45) is 0 Å². The van der Waals surface area contributed by atoms with Crippen LogP contribution in [0, 0.1) is 3.57 Å². The zero-order valence-corrected chi connectivity index (χ0v) is 9.18. The molecule has 0 aliphatic heterocycles. The number of rotatable bonds is 0. The van der Waals surface area contributed by atoms with Crippen LogP contribution in [0.3, 0.4) is 0 Å². The van der Waals surface area contributed by atoms with Crippen molar-refractivity contribution in [1.82, 2.24) is 10.2 Å². The van der Waals surface area contributed by atoms with Crippen molar-refractivity contribution in [3.8, 4) is 0 Å². The molecule has 2 nitrogen and oxygen atoms in total. The van der Waals surface area contributed by atoms with Crippen LogP contribution < -0.4 is 0 Å². The predicted molar refractivity (Wildman–Crippen MR) is 56.5 cm³/mol. The molecule has 0 aliphatic carbocycles. The minimum absolute atomic E-state index is 1.07. The highest BCUT2D eigenvalue weighted by Crippen LogP contribution is 2.26. The van der Waals surface area contributed by atoms with E-state index in [-0.39, 0.29) is 0 Å². The highest BCUT2D eigenvalue weighted by Gasteiger charge is 2.02. The smallest absolute Gasteiger partial charge is 0.0662 e. The van der Waals surface area contributed by atoms with Gasteiger partial charge in [0, 0.05) is 13.4 Å². The Balaban J connectivity index is 2.93. The Labute approximate surface area is 85.6 Å². The molecule has 0 fully saturated rings. The van der Waals surface area contributed by atoms with Crippen molar-refractivity contribution in [2.75, 3.05) is 0 Å². The van der Waals surface area contributed by atoms with Crippen molar-refractivity contribution in [1.29, 1.82) is 0 Å². The minimum Gasteiger partial charge on any atom is -0.278 e. The van der Waals surface area contributed by atoms with Gasteiger partial charge >= 0.3 is 0 Å². The zero-order chi connectivity index (χ0) is 7.84. The average molecular weight is 323 g/mol. The summed E-state index contributed by atoms with van der Waals surface area (Å²) in [6.45, 7) is 0. The van der Waals surface area contributed by atoms with Crippen LogP contribution >= 0.6 is 38.5 Å². The predicted octanol–water partition coefficient (Wildman–Crippen LogP) is 2.93. The van der Waals surface area contributed by atoms with Gasteiger partial charge in [0.25, 0.3) is 0 Å². The number of nitrogens with zero attached hydrogens (tertiary/aromatic N) is 1. The molecule has 0 atom stereocenters. The van der Waals surface area contributed by atoms with Gasteiger partial charge in [0.2, 0.25) is 0 Å². The normalized spacial score (nSPS) is 10.7. The largest absolute Gasteiger partial charge is 0.278 e. The third-order valence-corrected chi connectivity index (χ3v) is 4.01. The average Bonchev–Trinajstić information content (AvgIpc) is 2.45. The molecule has 0 bridgehead atoms. The molecule has 11 heavy (non-hydrogen) atoms. The van der Waals surface area contributed by atoms with Crippen LogP contribution in [0.4, 0.5) is 0 Å². The summed E-state index contributed by atoms with van der Waals surface area (Å²) in [5.74, 6) is 0. The van der Waals surface area contributed by atoms with E-state index in [1.54, 1.807) is 0 Å². The van der Waals surface area contributed by atoms with Gasteiger partial charge < -0.3 is 0 Å². The van der Waals surface area contributed by atoms with E-state index < -0.39 is 0 Å². The molecule has 0 amide bonds. The fourth-order valence-corrected chi connectivity index (χ4v) is 1.87. The first-order chi connectivity index (χ1) is 5.29. The topological polar surface area (TPSA) is 28.7 Å². The first-order valence-electron chi connectivity index (χ1n) is 3.06. The molecular formula is C7H4BrIN2. The minimum atomic E-state index is 1.07. The molecular weight excluding hydrogens is 319 g/mol. The van der Waals surface area contributed by atoms with E-state index in [2.05, 4.69) is 48.7 Å². The Kier molecular flexibility index (Phi) is 1.88. The fraction of sp³-hybridized carbons (Fsp3) is 0. The lowest BCUT2D eigenvalue weighted by Gasteiger charge is -1.95. The Morgan fingerprint density at radius 3 is 3.09 bits per heavy atom. The molecule has 1 aromatic carbocycles. The summed E-state index contributed by atoms with van der Waals surface area (Å²) in [6, 6.07) is 4.07. The Hall–Kier alpha value is -0.100.